The molecule has 0 bridgehead atoms. The van der Waals surface area contributed by atoms with Crippen LogP contribution in [0.1, 0.15) is 28.4 Å². The number of carbonyl (C=O) groups excluding carboxylic acids is 1. The molecule has 2 aromatic heterocycles. The van der Waals surface area contributed by atoms with Gasteiger partial charge in [0.15, 0.2) is 5.82 Å². The number of hydrogen-bond donors (Lipinski definition) is 1. The lowest BCUT2D eigenvalue weighted by Gasteiger charge is -2.21. The second kappa shape index (κ2) is 7.34. The van der Waals surface area contributed by atoms with E-state index in [1.54, 1.807) is 30.3 Å². The number of amides is 1. The highest BCUT2D eigenvalue weighted by atomic mass is 19.4. The fourth-order valence-corrected chi connectivity index (χ4v) is 2.42. The van der Waals surface area contributed by atoms with Crippen LogP contribution in [0.5, 0.6) is 0 Å². The molecule has 0 radical (unpaired) electrons. The van der Waals surface area contributed by atoms with Gasteiger partial charge >= 0.3 is 6.18 Å². The molecule has 3 rings (SSSR count). The predicted octanol–water partition coefficient (Wildman–Crippen LogP) is 3.09. The summed E-state index contributed by atoms with van der Waals surface area (Å²) in [4.78, 5) is 20.3. The Labute approximate surface area is 146 Å². The summed E-state index contributed by atoms with van der Waals surface area (Å²) >= 11 is 0. The van der Waals surface area contributed by atoms with Crippen LogP contribution in [0.4, 0.5) is 13.2 Å². The monoisotopic (exact) mass is 361 g/mol. The van der Waals surface area contributed by atoms with Crippen LogP contribution in [0.3, 0.4) is 0 Å². The van der Waals surface area contributed by atoms with Crippen LogP contribution in [0.15, 0.2) is 61.3 Å². The average Bonchev–Trinajstić information content (AvgIpc) is 3.15. The summed E-state index contributed by atoms with van der Waals surface area (Å²) in [5.74, 6) is -0.297. The Morgan fingerprint density at radius 2 is 1.96 bits per heavy atom. The molecule has 0 aliphatic heterocycles. The number of nitrogens with zero attached hydrogens (tertiary/aromatic N) is 4. The molecule has 0 spiro atoms. The molecular weight excluding hydrogens is 347 g/mol. The lowest BCUT2D eigenvalue weighted by atomic mass is 10.0. The first kappa shape index (κ1) is 17.6. The van der Waals surface area contributed by atoms with Crippen molar-refractivity contribution in [1.29, 1.82) is 0 Å². The third-order valence-electron chi connectivity index (χ3n) is 3.60. The van der Waals surface area contributed by atoms with E-state index in [1.807, 2.05) is 0 Å². The molecule has 1 amide bonds. The fraction of sp³-hybridized carbons (Fsp3) is 0.176. The Kier molecular flexibility index (Phi) is 4.97. The van der Waals surface area contributed by atoms with Gasteiger partial charge in [0.05, 0.1) is 12.5 Å². The first-order valence-corrected chi connectivity index (χ1v) is 7.66. The highest BCUT2D eigenvalue weighted by Gasteiger charge is 2.33. The summed E-state index contributed by atoms with van der Waals surface area (Å²) in [5, 5.41) is 6.35. The number of halogens is 3. The molecule has 0 saturated heterocycles. The van der Waals surface area contributed by atoms with Crippen molar-refractivity contribution in [2.75, 3.05) is 0 Å². The van der Waals surface area contributed by atoms with Gasteiger partial charge in [-0.3, -0.25) is 4.79 Å². The molecule has 6 nitrogen and oxygen atoms in total. The summed E-state index contributed by atoms with van der Waals surface area (Å²) in [6.07, 6.45) is -1.49. The van der Waals surface area contributed by atoms with Crippen LogP contribution in [0.2, 0.25) is 0 Å². The average molecular weight is 361 g/mol. The lowest BCUT2D eigenvalue weighted by Crippen LogP contribution is -2.32. The maximum Gasteiger partial charge on any atom is 0.391 e. The second-order valence-electron chi connectivity index (χ2n) is 5.50. The largest absolute Gasteiger partial charge is 0.391 e. The highest BCUT2D eigenvalue weighted by molar-refractivity contribution is 5.94. The normalized spacial score (nSPS) is 12.6. The van der Waals surface area contributed by atoms with E-state index < -0.39 is 24.5 Å². The summed E-state index contributed by atoms with van der Waals surface area (Å²) < 4.78 is 40.1. The Morgan fingerprint density at radius 1 is 1.19 bits per heavy atom. The maximum absolute atomic E-state index is 12.9. The van der Waals surface area contributed by atoms with Crippen molar-refractivity contribution < 1.29 is 18.0 Å². The lowest BCUT2D eigenvalue weighted by molar-refractivity contribution is -0.139. The van der Waals surface area contributed by atoms with Crippen molar-refractivity contribution in [3.63, 3.8) is 0 Å². The number of pyridine rings is 1. The van der Waals surface area contributed by atoms with Gasteiger partial charge in [-0.05, 0) is 17.7 Å². The first-order chi connectivity index (χ1) is 12.4. The molecule has 2 heterocycles. The van der Waals surface area contributed by atoms with Crippen molar-refractivity contribution in [1.82, 2.24) is 25.1 Å². The van der Waals surface area contributed by atoms with Gasteiger partial charge in [-0.2, -0.15) is 18.3 Å². The molecule has 0 aliphatic rings. The molecule has 1 aromatic carbocycles. The minimum absolute atomic E-state index is 0.175. The fourth-order valence-electron chi connectivity index (χ4n) is 2.42. The van der Waals surface area contributed by atoms with Gasteiger partial charge < -0.3 is 5.32 Å². The molecule has 1 N–H and O–H groups in total. The number of carbonyl (C=O) groups is 1. The van der Waals surface area contributed by atoms with Crippen molar-refractivity contribution in [3.8, 4) is 5.82 Å². The van der Waals surface area contributed by atoms with Gasteiger partial charge in [-0.1, -0.05) is 30.3 Å². The quantitative estimate of drug-likeness (QED) is 0.758. The molecular formula is C17H14F3N5O. The van der Waals surface area contributed by atoms with E-state index in [9.17, 15) is 18.0 Å². The highest BCUT2D eigenvalue weighted by Crippen LogP contribution is 2.29. The van der Waals surface area contributed by atoms with Gasteiger partial charge in [0.1, 0.15) is 12.7 Å². The van der Waals surface area contributed by atoms with Gasteiger partial charge in [0, 0.05) is 11.8 Å². The van der Waals surface area contributed by atoms with E-state index in [-0.39, 0.29) is 5.56 Å². The van der Waals surface area contributed by atoms with Crippen molar-refractivity contribution in [2.24, 2.45) is 0 Å². The molecule has 26 heavy (non-hydrogen) atoms. The Morgan fingerprint density at radius 3 is 2.62 bits per heavy atom. The zero-order valence-corrected chi connectivity index (χ0v) is 13.4. The molecule has 9 heteroatoms. The Bertz CT molecular complexity index is 866. The number of aromatic nitrogens is 4. The minimum atomic E-state index is -4.42. The molecule has 0 aliphatic carbocycles. The molecule has 0 unspecified atom stereocenters. The number of nitrogens with one attached hydrogen (secondary N) is 1. The van der Waals surface area contributed by atoms with Crippen molar-refractivity contribution in [2.45, 2.75) is 18.6 Å². The van der Waals surface area contributed by atoms with Crippen molar-refractivity contribution in [3.05, 3.63) is 72.4 Å². The van der Waals surface area contributed by atoms with E-state index in [4.69, 9.17) is 0 Å². The zero-order valence-electron chi connectivity index (χ0n) is 13.4. The zero-order chi connectivity index (χ0) is 18.6. The molecule has 0 saturated carbocycles. The first-order valence-electron chi connectivity index (χ1n) is 7.66. The summed E-state index contributed by atoms with van der Waals surface area (Å²) in [7, 11) is 0. The standard InChI is InChI=1S/C17H14F3N5O/c18-17(19,20)9-14(12-4-2-1-3-5-12)24-16(26)13-6-7-22-15(8-13)25-11-21-10-23-25/h1-8,10-11,14H,9H2,(H,24,26)/t14-/m0/s1. The van der Waals surface area contributed by atoms with Gasteiger partial charge in [0.2, 0.25) is 0 Å². The summed E-state index contributed by atoms with van der Waals surface area (Å²) in [6, 6.07) is 9.70. The van der Waals surface area contributed by atoms with Crippen molar-refractivity contribution >= 4 is 5.91 Å². The topological polar surface area (TPSA) is 72.7 Å². The third-order valence-corrected chi connectivity index (χ3v) is 3.60. The molecule has 3 aromatic rings. The van der Waals surface area contributed by atoms with E-state index in [1.165, 1.54) is 35.7 Å². The summed E-state index contributed by atoms with van der Waals surface area (Å²) in [5.41, 5.74) is 0.553. The van der Waals surface area contributed by atoms with E-state index >= 15 is 0 Å². The Balaban J connectivity index is 1.83. The van der Waals surface area contributed by atoms with E-state index in [0.29, 0.717) is 11.4 Å². The smallest absolute Gasteiger partial charge is 0.345 e. The van der Waals surface area contributed by atoms with Crippen LogP contribution in [0, 0.1) is 0 Å². The predicted molar refractivity (Wildman–Crippen MR) is 86.5 cm³/mol. The van der Waals surface area contributed by atoms with Crippen LogP contribution >= 0.6 is 0 Å². The van der Waals surface area contributed by atoms with Crippen LogP contribution in [-0.2, 0) is 0 Å². The number of hydrogen-bond acceptors (Lipinski definition) is 4. The van der Waals surface area contributed by atoms with Crippen LogP contribution in [-0.4, -0.2) is 31.8 Å². The number of alkyl halides is 3. The van der Waals surface area contributed by atoms with E-state index in [0.717, 1.165) is 0 Å². The molecule has 0 fully saturated rings. The molecule has 1 atom stereocenters. The maximum atomic E-state index is 12.9. The van der Waals surface area contributed by atoms with Gasteiger partial charge in [-0.25, -0.2) is 14.6 Å². The second-order valence-corrected chi connectivity index (χ2v) is 5.50. The van der Waals surface area contributed by atoms with Crippen LogP contribution < -0.4 is 5.32 Å². The van der Waals surface area contributed by atoms with Gasteiger partial charge in [0.25, 0.3) is 5.91 Å². The molecule has 134 valence electrons. The number of benzene rings is 1. The minimum Gasteiger partial charge on any atom is -0.345 e. The summed E-state index contributed by atoms with van der Waals surface area (Å²) in [6.45, 7) is 0. The third kappa shape index (κ3) is 4.44. The Hall–Kier alpha value is -3.23. The van der Waals surface area contributed by atoms with E-state index in [2.05, 4.69) is 20.4 Å². The number of rotatable bonds is 5. The SMILES string of the molecule is O=C(N[C@@H](CC(F)(F)F)c1ccccc1)c1ccnc(-n2cncn2)c1. The van der Waals surface area contributed by atoms with Gasteiger partial charge in [-0.15, -0.1) is 0 Å². The van der Waals surface area contributed by atoms with Crippen LogP contribution in [0.25, 0.3) is 5.82 Å².